The zero-order valence-corrected chi connectivity index (χ0v) is 12.2. The Morgan fingerprint density at radius 3 is 2.39 bits per heavy atom. The number of carbonyl (C=O) groups excluding carboxylic acids is 1. The fourth-order valence-corrected chi connectivity index (χ4v) is 2.71. The van der Waals surface area contributed by atoms with Crippen LogP contribution in [0.2, 0.25) is 0 Å². The van der Waals surface area contributed by atoms with Crippen LogP contribution in [-0.2, 0) is 4.79 Å². The van der Waals surface area contributed by atoms with Crippen molar-refractivity contribution in [3.05, 3.63) is 0 Å². The van der Waals surface area contributed by atoms with Crippen LogP contribution >= 0.6 is 0 Å². The predicted octanol–water partition coefficient (Wildman–Crippen LogP) is 2.93. The number of amides is 1. The molecular weight excluding hydrogens is 224 g/mol. The average Bonchev–Trinajstić information content (AvgIpc) is 2.38. The van der Waals surface area contributed by atoms with Crippen LogP contribution < -0.4 is 5.73 Å². The van der Waals surface area contributed by atoms with E-state index in [2.05, 4.69) is 13.8 Å². The molecule has 0 aromatic rings. The number of unbranched alkanes of at least 4 members (excludes halogenated alkanes) is 4. The van der Waals surface area contributed by atoms with Crippen LogP contribution in [0.4, 0.5) is 0 Å². The third-order valence-corrected chi connectivity index (χ3v) is 4.13. The summed E-state index contributed by atoms with van der Waals surface area (Å²) in [7, 11) is 0. The van der Waals surface area contributed by atoms with Crippen molar-refractivity contribution in [1.82, 2.24) is 4.90 Å². The van der Waals surface area contributed by atoms with Gasteiger partial charge in [-0.1, -0.05) is 32.6 Å². The van der Waals surface area contributed by atoms with Crippen molar-refractivity contribution in [3.63, 3.8) is 0 Å². The third-order valence-electron chi connectivity index (χ3n) is 4.13. The molecule has 1 heterocycles. The fourth-order valence-electron chi connectivity index (χ4n) is 2.71. The number of nitrogens with zero attached hydrogens (tertiary/aromatic N) is 1. The summed E-state index contributed by atoms with van der Waals surface area (Å²) in [5.74, 6) is 0.966. The number of likely N-dealkylation sites (tertiary alicyclic amines) is 1. The van der Waals surface area contributed by atoms with Crippen molar-refractivity contribution >= 4 is 5.91 Å². The molecule has 18 heavy (non-hydrogen) atoms. The second-order valence-corrected chi connectivity index (χ2v) is 5.74. The molecule has 1 amide bonds. The minimum absolute atomic E-state index is 0.274. The summed E-state index contributed by atoms with van der Waals surface area (Å²) in [5.41, 5.74) is 5.91. The van der Waals surface area contributed by atoms with Crippen molar-refractivity contribution in [2.45, 2.75) is 71.3 Å². The van der Waals surface area contributed by atoms with E-state index < -0.39 is 0 Å². The van der Waals surface area contributed by atoms with Gasteiger partial charge in [0.25, 0.3) is 0 Å². The Labute approximate surface area is 112 Å². The van der Waals surface area contributed by atoms with Crippen molar-refractivity contribution in [2.24, 2.45) is 11.7 Å². The number of piperidine rings is 1. The molecule has 1 aliphatic heterocycles. The van der Waals surface area contributed by atoms with E-state index >= 15 is 0 Å². The molecule has 1 fully saturated rings. The number of rotatable bonds is 7. The van der Waals surface area contributed by atoms with E-state index in [1.165, 1.54) is 25.7 Å². The molecule has 0 radical (unpaired) electrons. The Hall–Kier alpha value is -0.570. The Balaban J connectivity index is 2.12. The quantitative estimate of drug-likeness (QED) is 0.710. The number of hydrogen-bond donors (Lipinski definition) is 1. The van der Waals surface area contributed by atoms with Crippen LogP contribution in [0.25, 0.3) is 0 Å². The second-order valence-electron chi connectivity index (χ2n) is 5.74. The Morgan fingerprint density at radius 2 is 1.83 bits per heavy atom. The molecule has 0 spiro atoms. The van der Waals surface area contributed by atoms with E-state index in [0.717, 1.165) is 38.8 Å². The molecule has 1 atom stereocenters. The van der Waals surface area contributed by atoms with Crippen LogP contribution in [0.1, 0.15) is 65.2 Å². The van der Waals surface area contributed by atoms with Crippen molar-refractivity contribution in [3.8, 4) is 0 Å². The lowest BCUT2D eigenvalue weighted by Gasteiger charge is -2.33. The van der Waals surface area contributed by atoms with E-state index in [0.29, 0.717) is 11.8 Å². The van der Waals surface area contributed by atoms with Gasteiger partial charge in [-0.15, -0.1) is 0 Å². The van der Waals surface area contributed by atoms with Gasteiger partial charge in [0.15, 0.2) is 0 Å². The van der Waals surface area contributed by atoms with Gasteiger partial charge in [0.1, 0.15) is 0 Å². The molecule has 1 aliphatic rings. The topological polar surface area (TPSA) is 46.3 Å². The Morgan fingerprint density at radius 1 is 1.22 bits per heavy atom. The summed E-state index contributed by atoms with van der Waals surface area (Å²) in [6.45, 7) is 6.13. The van der Waals surface area contributed by atoms with E-state index in [1.54, 1.807) is 0 Å². The lowest BCUT2D eigenvalue weighted by Crippen LogP contribution is -2.42. The molecule has 106 valence electrons. The van der Waals surface area contributed by atoms with E-state index in [9.17, 15) is 4.79 Å². The molecule has 3 heteroatoms. The smallest absolute Gasteiger partial charge is 0.222 e. The van der Waals surface area contributed by atoms with Gasteiger partial charge in [-0.25, -0.2) is 0 Å². The highest BCUT2D eigenvalue weighted by atomic mass is 16.2. The fraction of sp³-hybridized carbons (Fsp3) is 0.933. The first-order valence-corrected chi connectivity index (χ1v) is 7.68. The van der Waals surface area contributed by atoms with Gasteiger partial charge in [0.05, 0.1) is 0 Å². The number of carbonyl (C=O) groups is 1. The first-order chi connectivity index (χ1) is 8.65. The molecule has 3 nitrogen and oxygen atoms in total. The summed E-state index contributed by atoms with van der Waals surface area (Å²) in [4.78, 5) is 14.0. The highest BCUT2D eigenvalue weighted by molar-refractivity contribution is 5.76. The normalized spacial score (nSPS) is 18.9. The van der Waals surface area contributed by atoms with Gasteiger partial charge in [0.2, 0.25) is 5.91 Å². The van der Waals surface area contributed by atoms with E-state index in [4.69, 9.17) is 5.73 Å². The Bertz CT molecular complexity index is 233. The Kier molecular flexibility index (Phi) is 7.33. The molecule has 0 aromatic heterocycles. The largest absolute Gasteiger partial charge is 0.343 e. The molecular formula is C15H30N2O. The second kappa shape index (κ2) is 8.52. The van der Waals surface area contributed by atoms with Crippen LogP contribution in [-0.4, -0.2) is 29.9 Å². The number of nitrogens with two attached hydrogens (primary N) is 1. The van der Waals surface area contributed by atoms with Crippen LogP contribution in [0, 0.1) is 5.92 Å². The minimum Gasteiger partial charge on any atom is -0.343 e. The highest BCUT2D eigenvalue weighted by Crippen LogP contribution is 2.20. The lowest BCUT2D eigenvalue weighted by molar-refractivity contribution is -0.132. The first-order valence-electron chi connectivity index (χ1n) is 7.68. The van der Waals surface area contributed by atoms with Crippen molar-refractivity contribution < 1.29 is 4.79 Å². The lowest BCUT2D eigenvalue weighted by atomic mass is 9.91. The van der Waals surface area contributed by atoms with Gasteiger partial charge in [-0.05, 0) is 32.1 Å². The van der Waals surface area contributed by atoms with Crippen LogP contribution in [0.5, 0.6) is 0 Å². The average molecular weight is 254 g/mol. The maximum absolute atomic E-state index is 12.0. The standard InChI is InChI=1S/C15H30N2O/c1-3-4-5-6-7-8-15(18)17-11-9-14(10-12-17)13(2)16/h13-14H,3-12,16H2,1-2H3. The first kappa shape index (κ1) is 15.5. The maximum Gasteiger partial charge on any atom is 0.222 e. The summed E-state index contributed by atoms with van der Waals surface area (Å²) in [6.07, 6.45) is 9.01. The summed E-state index contributed by atoms with van der Waals surface area (Å²) >= 11 is 0. The third kappa shape index (κ3) is 5.38. The SMILES string of the molecule is CCCCCCCC(=O)N1CCC(C(C)N)CC1. The van der Waals surface area contributed by atoms with Crippen molar-refractivity contribution in [1.29, 1.82) is 0 Å². The van der Waals surface area contributed by atoms with E-state index in [1.807, 2.05) is 4.90 Å². The molecule has 0 aliphatic carbocycles. The summed E-state index contributed by atoms with van der Waals surface area (Å²) in [6, 6.07) is 0.274. The van der Waals surface area contributed by atoms with Gasteiger partial charge in [-0.2, -0.15) is 0 Å². The zero-order chi connectivity index (χ0) is 13.4. The van der Waals surface area contributed by atoms with Crippen LogP contribution in [0.15, 0.2) is 0 Å². The predicted molar refractivity (Wildman–Crippen MR) is 76.3 cm³/mol. The van der Waals surface area contributed by atoms with Crippen molar-refractivity contribution in [2.75, 3.05) is 13.1 Å². The summed E-state index contributed by atoms with van der Waals surface area (Å²) in [5, 5.41) is 0. The van der Waals surface area contributed by atoms with Gasteiger partial charge < -0.3 is 10.6 Å². The van der Waals surface area contributed by atoms with Gasteiger partial charge in [-0.3, -0.25) is 4.79 Å². The summed E-state index contributed by atoms with van der Waals surface area (Å²) < 4.78 is 0. The van der Waals surface area contributed by atoms with Gasteiger partial charge in [0, 0.05) is 25.6 Å². The molecule has 0 saturated carbocycles. The maximum atomic E-state index is 12.0. The molecule has 2 N–H and O–H groups in total. The van der Waals surface area contributed by atoms with Crippen LogP contribution in [0.3, 0.4) is 0 Å². The highest BCUT2D eigenvalue weighted by Gasteiger charge is 2.24. The monoisotopic (exact) mass is 254 g/mol. The molecule has 0 aromatic carbocycles. The molecule has 1 rings (SSSR count). The van der Waals surface area contributed by atoms with Gasteiger partial charge >= 0.3 is 0 Å². The van der Waals surface area contributed by atoms with E-state index in [-0.39, 0.29) is 6.04 Å². The molecule has 1 unspecified atom stereocenters. The zero-order valence-electron chi connectivity index (χ0n) is 12.2. The molecule has 1 saturated heterocycles. The molecule has 0 bridgehead atoms. The minimum atomic E-state index is 0.274. The number of hydrogen-bond acceptors (Lipinski definition) is 2.